The number of ether oxygens (including phenoxy) is 1. The molecule has 148 valence electrons. The minimum Gasteiger partial charge on any atom is -0.465 e. The first kappa shape index (κ1) is 19.7. The Kier molecular flexibility index (Phi) is 6.02. The van der Waals surface area contributed by atoms with E-state index < -0.39 is 0 Å². The van der Waals surface area contributed by atoms with Gasteiger partial charge in [-0.15, -0.1) is 23.1 Å². The number of thiophene rings is 1. The maximum Gasteiger partial charge on any atom is 0.341 e. The molecule has 29 heavy (non-hydrogen) atoms. The van der Waals surface area contributed by atoms with Crippen molar-refractivity contribution in [2.45, 2.75) is 29.9 Å². The van der Waals surface area contributed by atoms with Crippen LogP contribution < -0.4 is 5.32 Å². The molecule has 6 heteroatoms. The number of methoxy groups -OCH3 is 1. The number of carbonyl (C=O) groups is 2. The van der Waals surface area contributed by atoms with Gasteiger partial charge in [0.2, 0.25) is 0 Å². The first-order valence-electron chi connectivity index (χ1n) is 9.46. The van der Waals surface area contributed by atoms with Crippen LogP contribution in [0.2, 0.25) is 0 Å². The lowest BCUT2D eigenvalue weighted by molar-refractivity contribution is 0.0601. The van der Waals surface area contributed by atoms with Crippen molar-refractivity contribution in [3.8, 4) is 0 Å². The molecule has 0 fully saturated rings. The van der Waals surface area contributed by atoms with E-state index in [2.05, 4.69) is 17.4 Å². The Hall–Kier alpha value is -2.57. The largest absolute Gasteiger partial charge is 0.465 e. The van der Waals surface area contributed by atoms with Crippen LogP contribution in [0.5, 0.6) is 0 Å². The van der Waals surface area contributed by atoms with Crippen LogP contribution in [0.1, 0.15) is 43.1 Å². The van der Waals surface area contributed by atoms with Gasteiger partial charge in [0.15, 0.2) is 0 Å². The molecular weight excluding hydrogens is 402 g/mol. The molecule has 0 aliphatic heterocycles. The third kappa shape index (κ3) is 4.38. The number of hydrogen-bond acceptors (Lipinski definition) is 5. The Balaban J connectivity index is 1.45. The smallest absolute Gasteiger partial charge is 0.341 e. The number of anilines is 1. The summed E-state index contributed by atoms with van der Waals surface area (Å²) in [6.45, 7) is 0. The van der Waals surface area contributed by atoms with Gasteiger partial charge in [-0.2, -0.15) is 0 Å². The zero-order valence-electron chi connectivity index (χ0n) is 16.1. The number of thioether (sulfide) groups is 1. The standard InChI is InChI=1S/C23H21NO3S2/c1-27-23(26)20-18-8-5-9-19(18)29-22(20)24-21(25)16-12-10-15(11-13-16)14-28-17-6-3-2-4-7-17/h2-4,6-7,10-13H,5,8-9,14H2,1H3,(H,24,25). The van der Waals surface area contributed by atoms with Gasteiger partial charge in [-0.25, -0.2) is 4.79 Å². The van der Waals surface area contributed by atoms with Crippen LogP contribution in [0, 0.1) is 0 Å². The molecule has 3 aromatic rings. The lowest BCUT2D eigenvalue weighted by Gasteiger charge is -2.08. The molecule has 1 N–H and O–H groups in total. The van der Waals surface area contributed by atoms with E-state index in [4.69, 9.17) is 4.74 Å². The van der Waals surface area contributed by atoms with Crippen molar-refractivity contribution in [3.63, 3.8) is 0 Å². The van der Waals surface area contributed by atoms with Gasteiger partial charge in [0.1, 0.15) is 5.00 Å². The summed E-state index contributed by atoms with van der Waals surface area (Å²) >= 11 is 3.25. The van der Waals surface area contributed by atoms with Crippen molar-refractivity contribution >= 4 is 40.0 Å². The molecule has 1 amide bonds. The zero-order chi connectivity index (χ0) is 20.2. The Bertz CT molecular complexity index is 1030. The summed E-state index contributed by atoms with van der Waals surface area (Å²) in [5.74, 6) is 0.251. The van der Waals surface area contributed by atoms with E-state index in [1.807, 2.05) is 42.5 Å². The lowest BCUT2D eigenvalue weighted by Crippen LogP contribution is -2.14. The number of hydrogen-bond donors (Lipinski definition) is 1. The van der Waals surface area contributed by atoms with Crippen molar-refractivity contribution in [3.05, 3.63) is 81.7 Å². The minimum absolute atomic E-state index is 0.211. The van der Waals surface area contributed by atoms with Gasteiger partial charge in [-0.05, 0) is 54.7 Å². The fraction of sp³-hybridized carbons (Fsp3) is 0.217. The summed E-state index contributed by atoms with van der Waals surface area (Å²) in [5.41, 5.74) is 3.28. The van der Waals surface area contributed by atoms with E-state index in [1.54, 1.807) is 11.8 Å². The number of amides is 1. The molecular formula is C23H21NO3S2. The number of carbonyl (C=O) groups excluding carboxylic acids is 2. The maximum atomic E-state index is 12.7. The van der Waals surface area contributed by atoms with Gasteiger partial charge in [-0.1, -0.05) is 30.3 Å². The molecule has 0 bridgehead atoms. The third-order valence-electron chi connectivity index (χ3n) is 4.90. The number of rotatable bonds is 6. The number of nitrogens with one attached hydrogen (secondary N) is 1. The van der Waals surface area contributed by atoms with E-state index in [9.17, 15) is 9.59 Å². The van der Waals surface area contributed by atoms with Gasteiger partial charge < -0.3 is 10.1 Å². The maximum absolute atomic E-state index is 12.7. The van der Waals surface area contributed by atoms with Gasteiger partial charge in [0.05, 0.1) is 12.7 Å². The molecule has 0 radical (unpaired) electrons. The molecule has 0 atom stereocenters. The first-order chi connectivity index (χ1) is 14.2. The lowest BCUT2D eigenvalue weighted by atomic mass is 10.1. The third-order valence-corrected chi connectivity index (χ3v) is 7.19. The summed E-state index contributed by atoms with van der Waals surface area (Å²) in [6.07, 6.45) is 2.86. The molecule has 0 saturated carbocycles. The zero-order valence-corrected chi connectivity index (χ0v) is 17.7. The van der Waals surface area contributed by atoms with Crippen molar-refractivity contribution in [2.24, 2.45) is 0 Å². The molecule has 0 spiro atoms. The number of aryl methyl sites for hydroxylation is 1. The molecule has 1 aromatic heterocycles. The molecule has 1 aliphatic carbocycles. The second-order valence-corrected chi connectivity index (χ2v) is 8.96. The van der Waals surface area contributed by atoms with Crippen LogP contribution in [-0.2, 0) is 23.3 Å². The van der Waals surface area contributed by atoms with Gasteiger partial charge in [-0.3, -0.25) is 4.79 Å². The number of esters is 1. The van der Waals surface area contributed by atoms with Crippen molar-refractivity contribution in [1.29, 1.82) is 0 Å². The SMILES string of the molecule is COC(=O)c1c(NC(=O)c2ccc(CSc3ccccc3)cc2)sc2c1CCC2. The summed E-state index contributed by atoms with van der Waals surface area (Å²) in [4.78, 5) is 27.4. The van der Waals surface area contributed by atoms with Crippen LogP contribution in [0.3, 0.4) is 0 Å². The average Bonchev–Trinajstić information content (AvgIpc) is 3.33. The van der Waals surface area contributed by atoms with E-state index in [-0.39, 0.29) is 11.9 Å². The summed E-state index contributed by atoms with van der Waals surface area (Å²) in [6, 6.07) is 17.8. The van der Waals surface area contributed by atoms with Crippen LogP contribution in [-0.4, -0.2) is 19.0 Å². The van der Waals surface area contributed by atoms with E-state index in [1.165, 1.54) is 28.2 Å². The topological polar surface area (TPSA) is 55.4 Å². The fourth-order valence-electron chi connectivity index (χ4n) is 3.42. The van der Waals surface area contributed by atoms with Crippen molar-refractivity contribution in [1.82, 2.24) is 0 Å². The average molecular weight is 424 g/mol. The highest BCUT2D eigenvalue weighted by Crippen LogP contribution is 2.39. The fourth-order valence-corrected chi connectivity index (χ4v) is 5.57. The second-order valence-electron chi connectivity index (χ2n) is 6.81. The predicted octanol–water partition coefficient (Wildman–Crippen LogP) is 5.57. The molecule has 2 aromatic carbocycles. The Labute approximate surface area is 178 Å². The Morgan fingerprint density at radius 3 is 2.55 bits per heavy atom. The molecule has 0 saturated heterocycles. The van der Waals surface area contributed by atoms with E-state index in [0.29, 0.717) is 16.1 Å². The quantitative estimate of drug-likeness (QED) is 0.416. The number of benzene rings is 2. The van der Waals surface area contributed by atoms with Gasteiger partial charge in [0, 0.05) is 21.1 Å². The first-order valence-corrected chi connectivity index (χ1v) is 11.3. The second kappa shape index (κ2) is 8.84. The van der Waals surface area contributed by atoms with E-state index in [0.717, 1.165) is 36.1 Å². The molecule has 4 nitrogen and oxygen atoms in total. The predicted molar refractivity (Wildman–Crippen MR) is 118 cm³/mol. The van der Waals surface area contributed by atoms with Crippen molar-refractivity contribution in [2.75, 3.05) is 12.4 Å². The highest BCUT2D eigenvalue weighted by Gasteiger charge is 2.28. The van der Waals surface area contributed by atoms with E-state index >= 15 is 0 Å². The minimum atomic E-state index is -0.381. The summed E-state index contributed by atoms with van der Waals surface area (Å²) < 4.78 is 4.94. The monoisotopic (exact) mass is 423 g/mol. The Morgan fingerprint density at radius 1 is 1.07 bits per heavy atom. The Morgan fingerprint density at radius 2 is 1.83 bits per heavy atom. The highest BCUT2D eigenvalue weighted by atomic mass is 32.2. The summed E-state index contributed by atoms with van der Waals surface area (Å²) in [5, 5.41) is 3.52. The molecule has 0 unspecified atom stereocenters. The normalized spacial score (nSPS) is 12.4. The summed E-state index contributed by atoms with van der Waals surface area (Å²) in [7, 11) is 1.37. The van der Waals surface area contributed by atoms with Crippen LogP contribution >= 0.6 is 23.1 Å². The van der Waals surface area contributed by atoms with Gasteiger partial charge in [0.25, 0.3) is 5.91 Å². The number of fused-ring (bicyclic) bond motifs is 1. The molecule has 4 rings (SSSR count). The molecule has 1 aliphatic rings. The van der Waals surface area contributed by atoms with Crippen LogP contribution in [0.15, 0.2) is 59.5 Å². The van der Waals surface area contributed by atoms with Crippen LogP contribution in [0.25, 0.3) is 0 Å². The van der Waals surface area contributed by atoms with Crippen molar-refractivity contribution < 1.29 is 14.3 Å². The highest BCUT2D eigenvalue weighted by molar-refractivity contribution is 7.98. The molecule has 1 heterocycles. The van der Waals surface area contributed by atoms with Gasteiger partial charge >= 0.3 is 5.97 Å². The van der Waals surface area contributed by atoms with Crippen LogP contribution in [0.4, 0.5) is 5.00 Å².